The van der Waals surface area contributed by atoms with Crippen LogP contribution >= 0.6 is 11.8 Å². The Kier molecular flexibility index (Phi) is 5.14. The number of hydrogen-bond acceptors (Lipinski definition) is 3. The molecule has 2 unspecified atom stereocenters. The third-order valence-corrected chi connectivity index (χ3v) is 4.12. The van der Waals surface area contributed by atoms with Gasteiger partial charge in [-0.1, -0.05) is 20.8 Å². The van der Waals surface area contributed by atoms with Crippen LogP contribution in [-0.4, -0.2) is 36.8 Å². The lowest BCUT2D eigenvalue weighted by atomic mass is 10.2. The van der Waals surface area contributed by atoms with E-state index < -0.39 is 0 Å². The molecule has 0 aromatic rings. The normalized spacial score (nSPS) is 26.3. The number of ether oxygens (including phenoxy) is 1. The number of thioether (sulfide) groups is 1. The molecule has 0 saturated carbocycles. The minimum absolute atomic E-state index is 0.431. The molecule has 0 aliphatic carbocycles. The second kappa shape index (κ2) is 5.89. The van der Waals surface area contributed by atoms with Gasteiger partial charge in [-0.25, -0.2) is 0 Å². The van der Waals surface area contributed by atoms with Crippen molar-refractivity contribution in [2.45, 2.75) is 32.1 Å². The van der Waals surface area contributed by atoms with Gasteiger partial charge in [-0.15, -0.1) is 0 Å². The first-order chi connectivity index (χ1) is 6.20. The van der Waals surface area contributed by atoms with Crippen molar-refractivity contribution in [2.75, 3.05) is 25.4 Å². The van der Waals surface area contributed by atoms with Crippen molar-refractivity contribution in [3.63, 3.8) is 0 Å². The highest BCUT2D eigenvalue weighted by Gasteiger charge is 2.15. The molecule has 1 rings (SSSR count). The fourth-order valence-corrected chi connectivity index (χ4v) is 2.30. The summed E-state index contributed by atoms with van der Waals surface area (Å²) in [6.45, 7) is 9.76. The molecule has 2 atom stereocenters. The van der Waals surface area contributed by atoms with Crippen molar-refractivity contribution in [2.24, 2.45) is 5.92 Å². The summed E-state index contributed by atoms with van der Waals surface area (Å²) in [5.74, 6) is 1.90. The van der Waals surface area contributed by atoms with Crippen molar-refractivity contribution < 1.29 is 4.74 Å². The van der Waals surface area contributed by atoms with Gasteiger partial charge in [0.1, 0.15) is 0 Å². The highest BCUT2D eigenvalue weighted by Crippen LogP contribution is 2.20. The van der Waals surface area contributed by atoms with Crippen LogP contribution in [0.1, 0.15) is 20.8 Å². The fourth-order valence-electron chi connectivity index (χ4n) is 1.18. The van der Waals surface area contributed by atoms with Crippen molar-refractivity contribution >= 4 is 11.8 Å². The summed E-state index contributed by atoms with van der Waals surface area (Å²) in [5, 5.41) is 4.09. The summed E-state index contributed by atoms with van der Waals surface area (Å²) in [5.41, 5.74) is 0. The van der Waals surface area contributed by atoms with Crippen LogP contribution in [-0.2, 0) is 4.74 Å². The van der Waals surface area contributed by atoms with E-state index in [-0.39, 0.29) is 0 Å². The van der Waals surface area contributed by atoms with Crippen LogP contribution in [0.4, 0.5) is 0 Å². The Hall–Kier alpha value is 0.270. The lowest BCUT2D eigenvalue weighted by molar-refractivity contribution is 0.0440. The molecule has 1 aliphatic heterocycles. The zero-order chi connectivity index (χ0) is 9.68. The molecule has 0 spiro atoms. The molecule has 1 aliphatic rings. The Morgan fingerprint density at radius 1 is 1.46 bits per heavy atom. The Labute approximate surface area is 85.8 Å². The molecule has 0 bridgehead atoms. The molecule has 1 saturated heterocycles. The van der Waals surface area contributed by atoms with E-state index in [2.05, 4.69) is 26.1 Å². The summed E-state index contributed by atoms with van der Waals surface area (Å²) in [6.07, 6.45) is 0.431. The van der Waals surface area contributed by atoms with Gasteiger partial charge in [-0.05, 0) is 5.92 Å². The average molecular weight is 203 g/mol. The Morgan fingerprint density at radius 2 is 2.23 bits per heavy atom. The van der Waals surface area contributed by atoms with Crippen molar-refractivity contribution in [3.05, 3.63) is 0 Å². The minimum Gasteiger partial charge on any atom is -0.375 e. The molecule has 1 heterocycles. The van der Waals surface area contributed by atoms with Gasteiger partial charge >= 0.3 is 0 Å². The molecule has 0 amide bonds. The molecule has 1 fully saturated rings. The van der Waals surface area contributed by atoms with Crippen molar-refractivity contribution in [3.8, 4) is 0 Å². The highest BCUT2D eigenvalue weighted by molar-refractivity contribution is 7.99. The van der Waals surface area contributed by atoms with Crippen molar-refractivity contribution in [1.82, 2.24) is 5.32 Å². The first-order valence-corrected chi connectivity index (χ1v) is 6.19. The predicted molar refractivity (Wildman–Crippen MR) is 59.4 cm³/mol. The molecule has 0 aromatic heterocycles. The number of rotatable bonds is 4. The highest BCUT2D eigenvalue weighted by atomic mass is 32.2. The van der Waals surface area contributed by atoms with Crippen molar-refractivity contribution in [1.29, 1.82) is 0 Å². The molecule has 0 aromatic carbocycles. The van der Waals surface area contributed by atoms with Gasteiger partial charge in [0.15, 0.2) is 0 Å². The SMILES string of the molecule is CC(C)C(C)SCC1CNCCO1. The summed E-state index contributed by atoms with van der Waals surface area (Å²) < 4.78 is 5.62. The second-order valence-corrected chi connectivity index (χ2v) is 5.39. The Bertz CT molecular complexity index is 135. The maximum Gasteiger partial charge on any atom is 0.0790 e. The summed E-state index contributed by atoms with van der Waals surface area (Å²) in [7, 11) is 0. The van der Waals surface area contributed by atoms with Crippen LogP contribution in [0, 0.1) is 5.92 Å². The van der Waals surface area contributed by atoms with Crippen LogP contribution in [0.5, 0.6) is 0 Å². The molecular weight excluding hydrogens is 182 g/mol. The molecule has 2 nitrogen and oxygen atoms in total. The minimum atomic E-state index is 0.431. The molecule has 0 radical (unpaired) electrons. The molecular formula is C10H21NOS. The molecule has 78 valence electrons. The van der Waals surface area contributed by atoms with Gasteiger partial charge in [0.05, 0.1) is 12.7 Å². The van der Waals surface area contributed by atoms with Crippen LogP contribution in [0.2, 0.25) is 0 Å². The maximum absolute atomic E-state index is 5.62. The number of hydrogen-bond donors (Lipinski definition) is 1. The maximum atomic E-state index is 5.62. The number of nitrogens with one attached hydrogen (secondary N) is 1. The smallest absolute Gasteiger partial charge is 0.0790 e. The van der Waals surface area contributed by atoms with E-state index in [9.17, 15) is 0 Å². The van der Waals surface area contributed by atoms with Crippen LogP contribution in [0.15, 0.2) is 0 Å². The van der Waals surface area contributed by atoms with Gasteiger partial charge in [0, 0.05) is 24.1 Å². The third-order valence-electron chi connectivity index (χ3n) is 2.49. The van der Waals surface area contributed by atoms with Crippen LogP contribution in [0.25, 0.3) is 0 Å². The van der Waals surface area contributed by atoms with E-state index in [1.807, 2.05) is 11.8 Å². The molecule has 13 heavy (non-hydrogen) atoms. The topological polar surface area (TPSA) is 21.3 Å². The standard InChI is InChI=1S/C10H21NOS/c1-8(2)9(3)13-7-10-6-11-4-5-12-10/h8-11H,4-7H2,1-3H3. The van der Waals surface area contributed by atoms with Gasteiger partial charge in [-0.3, -0.25) is 0 Å². The predicted octanol–water partition coefficient (Wildman–Crippen LogP) is 1.75. The lowest BCUT2D eigenvalue weighted by Crippen LogP contribution is -2.40. The fraction of sp³-hybridized carbons (Fsp3) is 1.00. The van der Waals surface area contributed by atoms with E-state index >= 15 is 0 Å². The van der Waals surface area contributed by atoms with Gasteiger partial charge in [0.2, 0.25) is 0 Å². The first-order valence-electron chi connectivity index (χ1n) is 5.14. The Morgan fingerprint density at radius 3 is 2.77 bits per heavy atom. The first kappa shape index (κ1) is 11.3. The van der Waals surface area contributed by atoms with E-state index in [4.69, 9.17) is 4.74 Å². The number of morpholine rings is 1. The Balaban J connectivity index is 2.10. The van der Waals surface area contributed by atoms with Crippen LogP contribution < -0.4 is 5.32 Å². The van der Waals surface area contributed by atoms with E-state index in [1.165, 1.54) is 0 Å². The van der Waals surface area contributed by atoms with Gasteiger partial charge in [0.25, 0.3) is 0 Å². The third kappa shape index (κ3) is 4.34. The van der Waals surface area contributed by atoms with E-state index in [0.717, 1.165) is 36.6 Å². The van der Waals surface area contributed by atoms with Gasteiger partial charge in [-0.2, -0.15) is 11.8 Å². The van der Waals surface area contributed by atoms with E-state index in [1.54, 1.807) is 0 Å². The second-order valence-electron chi connectivity index (χ2n) is 3.98. The monoisotopic (exact) mass is 203 g/mol. The average Bonchev–Trinajstić information content (AvgIpc) is 2.15. The molecule has 3 heteroatoms. The van der Waals surface area contributed by atoms with Crippen LogP contribution in [0.3, 0.4) is 0 Å². The zero-order valence-corrected chi connectivity index (χ0v) is 9.69. The summed E-state index contributed by atoms with van der Waals surface area (Å²) >= 11 is 2.03. The zero-order valence-electron chi connectivity index (χ0n) is 8.88. The van der Waals surface area contributed by atoms with Gasteiger partial charge < -0.3 is 10.1 Å². The quantitative estimate of drug-likeness (QED) is 0.752. The van der Waals surface area contributed by atoms with E-state index in [0.29, 0.717) is 6.10 Å². The summed E-state index contributed by atoms with van der Waals surface area (Å²) in [6, 6.07) is 0. The largest absolute Gasteiger partial charge is 0.375 e. The lowest BCUT2D eigenvalue weighted by Gasteiger charge is -2.25. The molecule has 1 N–H and O–H groups in total. The summed E-state index contributed by atoms with van der Waals surface area (Å²) in [4.78, 5) is 0.